The highest BCUT2D eigenvalue weighted by Crippen LogP contribution is 2.37. The number of urea groups is 1. The van der Waals surface area contributed by atoms with E-state index < -0.39 is 0 Å². The van der Waals surface area contributed by atoms with E-state index in [0.29, 0.717) is 13.0 Å². The fraction of sp³-hybridized carbons (Fsp3) is 0.619. The van der Waals surface area contributed by atoms with E-state index in [0.717, 1.165) is 56.6 Å². The zero-order valence-corrected chi connectivity index (χ0v) is 16.4. The SMILES string of the molecule is CCCOc1ccccc1[C@H](C)NC(=O)N1CCC2(CCC(=O)NC2)CC1. The van der Waals surface area contributed by atoms with Gasteiger partial charge in [-0.05, 0) is 44.1 Å². The summed E-state index contributed by atoms with van der Waals surface area (Å²) >= 11 is 0. The van der Waals surface area contributed by atoms with Crippen LogP contribution in [0.2, 0.25) is 0 Å². The van der Waals surface area contributed by atoms with E-state index in [1.807, 2.05) is 36.1 Å². The normalized spacial score (nSPS) is 20.1. The first-order valence-corrected chi connectivity index (χ1v) is 10.1. The topological polar surface area (TPSA) is 70.7 Å². The molecule has 0 saturated carbocycles. The van der Waals surface area contributed by atoms with Crippen molar-refractivity contribution >= 4 is 11.9 Å². The Morgan fingerprint density at radius 1 is 1.30 bits per heavy atom. The molecule has 2 fully saturated rings. The van der Waals surface area contributed by atoms with Crippen LogP contribution in [0.5, 0.6) is 5.75 Å². The second-order valence-corrected chi connectivity index (χ2v) is 7.82. The first-order valence-electron chi connectivity index (χ1n) is 10.1. The van der Waals surface area contributed by atoms with Crippen LogP contribution in [0.3, 0.4) is 0 Å². The minimum absolute atomic E-state index is 0.0255. The maximum absolute atomic E-state index is 12.7. The van der Waals surface area contributed by atoms with E-state index in [1.54, 1.807) is 0 Å². The number of nitrogens with one attached hydrogen (secondary N) is 2. The second kappa shape index (κ2) is 8.63. The van der Waals surface area contributed by atoms with Gasteiger partial charge in [0.05, 0.1) is 12.6 Å². The largest absolute Gasteiger partial charge is 0.493 e. The number of hydrogen-bond acceptors (Lipinski definition) is 3. The van der Waals surface area contributed by atoms with Crippen molar-refractivity contribution in [3.05, 3.63) is 29.8 Å². The number of nitrogens with zero attached hydrogens (tertiary/aromatic N) is 1. The molecule has 0 unspecified atom stereocenters. The average Bonchev–Trinajstić information content (AvgIpc) is 2.69. The number of likely N-dealkylation sites (tertiary alicyclic amines) is 1. The number of carbonyl (C=O) groups is 2. The maximum atomic E-state index is 12.7. The van der Waals surface area contributed by atoms with E-state index >= 15 is 0 Å². The number of carbonyl (C=O) groups excluding carboxylic acids is 2. The highest BCUT2D eigenvalue weighted by Gasteiger charge is 2.38. The summed E-state index contributed by atoms with van der Waals surface area (Å²) in [5.41, 5.74) is 1.18. The highest BCUT2D eigenvalue weighted by atomic mass is 16.5. The minimum atomic E-state index is -0.115. The lowest BCUT2D eigenvalue weighted by Crippen LogP contribution is -2.52. The van der Waals surface area contributed by atoms with Crippen LogP contribution >= 0.6 is 0 Å². The molecule has 6 nitrogen and oxygen atoms in total. The summed E-state index contributed by atoms with van der Waals surface area (Å²) < 4.78 is 5.82. The molecular weight excluding hydrogens is 342 g/mol. The standard InChI is InChI=1S/C21H31N3O3/c1-3-14-27-18-7-5-4-6-17(18)16(2)23-20(26)24-12-10-21(11-13-24)9-8-19(25)22-15-21/h4-7,16H,3,8-15H2,1-2H3,(H,22,25)(H,23,26)/t16-/m0/s1. The molecule has 6 heteroatoms. The smallest absolute Gasteiger partial charge is 0.317 e. The third-order valence-electron chi connectivity index (χ3n) is 5.84. The Labute approximate surface area is 161 Å². The summed E-state index contributed by atoms with van der Waals surface area (Å²) in [6.07, 6.45) is 4.40. The number of ether oxygens (including phenoxy) is 1. The van der Waals surface area contributed by atoms with E-state index in [9.17, 15) is 9.59 Å². The zero-order chi connectivity index (χ0) is 19.3. The third kappa shape index (κ3) is 4.73. The molecule has 2 N–H and O–H groups in total. The minimum Gasteiger partial charge on any atom is -0.493 e. The first-order chi connectivity index (χ1) is 13.0. The van der Waals surface area contributed by atoms with Crippen molar-refractivity contribution in [2.45, 2.75) is 52.0 Å². The Balaban J connectivity index is 1.54. The maximum Gasteiger partial charge on any atom is 0.317 e. The van der Waals surface area contributed by atoms with Gasteiger partial charge in [0.1, 0.15) is 5.75 Å². The Bertz CT molecular complexity index is 656. The lowest BCUT2D eigenvalue weighted by Gasteiger charge is -2.44. The molecule has 0 radical (unpaired) electrons. The van der Waals surface area contributed by atoms with Gasteiger partial charge in [0, 0.05) is 31.6 Å². The Morgan fingerprint density at radius 3 is 2.70 bits per heavy atom. The average molecular weight is 373 g/mol. The van der Waals surface area contributed by atoms with Crippen LogP contribution in [-0.4, -0.2) is 43.1 Å². The lowest BCUT2D eigenvalue weighted by atomic mass is 9.73. The van der Waals surface area contributed by atoms with Gasteiger partial charge in [0.2, 0.25) is 5.91 Å². The summed E-state index contributed by atoms with van der Waals surface area (Å²) in [5, 5.41) is 6.11. The molecule has 2 aliphatic rings. The van der Waals surface area contributed by atoms with E-state index in [-0.39, 0.29) is 23.4 Å². The number of piperidine rings is 2. The highest BCUT2D eigenvalue weighted by molar-refractivity contribution is 5.77. The number of rotatable bonds is 5. The molecule has 3 amide bonds. The van der Waals surface area contributed by atoms with Crippen LogP contribution in [0, 0.1) is 5.41 Å². The molecule has 2 saturated heterocycles. The molecule has 1 aromatic carbocycles. The molecular formula is C21H31N3O3. The summed E-state index contributed by atoms with van der Waals surface area (Å²) in [4.78, 5) is 26.0. The molecule has 2 heterocycles. The first kappa shape index (κ1) is 19.5. The van der Waals surface area contributed by atoms with Crippen molar-refractivity contribution in [2.24, 2.45) is 5.41 Å². The van der Waals surface area contributed by atoms with Crippen molar-refractivity contribution in [2.75, 3.05) is 26.2 Å². The molecule has 1 aromatic rings. The van der Waals surface area contributed by atoms with Crippen LogP contribution in [-0.2, 0) is 4.79 Å². The molecule has 0 aliphatic carbocycles. The van der Waals surface area contributed by atoms with Crippen molar-refractivity contribution in [3.8, 4) is 5.75 Å². The summed E-state index contributed by atoms with van der Waals surface area (Å²) in [5.74, 6) is 0.987. The molecule has 148 valence electrons. The number of para-hydroxylation sites is 1. The van der Waals surface area contributed by atoms with Crippen molar-refractivity contribution < 1.29 is 14.3 Å². The monoisotopic (exact) mass is 373 g/mol. The summed E-state index contributed by atoms with van der Waals surface area (Å²) in [6, 6.07) is 7.74. The zero-order valence-electron chi connectivity index (χ0n) is 16.4. The van der Waals surface area contributed by atoms with Crippen molar-refractivity contribution in [1.29, 1.82) is 0 Å². The molecule has 0 aromatic heterocycles. The molecule has 27 heavy (non-hydrogen) atoms. The van der Waals surface area contributed by atoms with Gasteiger partial charge in [-0.25, -0.2) is 4.79 Å². The van der Waals surface area contributed by atoms with Gasteiger partial charge in [0.25, 0.3) is 0 Å². The van der Waals surface area contributed by atoms with Crippen LogP contribution < -0.4 is 15.4 Å². The molecule has 2 aliphatic heterocycles. The van der Waals surface area contributed by atoms with Gasteiger partial charge >= 0.3 is 6.03 Å². The Hall–Kier alpha value is -2.24. The third-order valence-corrected chi connectivity index (χ3v) is 5.84. The van der Waals surface area contributed by atoms with Crippen LogP contribution in [0.1, 0.15) is 57.6 Å². The molecule has 3 rings (SSSR count). The van der Waals surface area contributed by atoms with Gasteiger partial charge in [-0.2, -0.15) is 0 Å². The fourth-order valence-electron chi connectivity index (χ4n) is 3.99. The predicted octanol–water partition coefficient (Wildman–Crippen LogP) is 3.24. The summed E-state index contributed by atoms with van der Waals surface area (Å²) in [6.45, 7) is 6.97. The van der Waals surface area contributed by atoms with Crippen molar-refractivity contribution in [1.82, 2.24) is 15.5 Å². The van der Waals surface area contributed by atoms with Gasteiger partial charge in [-0.15, -0.1) is 0 Å². The number of amides is 3. The van der Waals surface area contributed by atoms with Gasteiger partial charge < -0.3 is 20.3 Å². The van der Waals surface area contributed by atoms with Crippen LogP contribution in [0.4, 0.5) is 4.79 Å². The predicted molar refractivity (Wildman–Crippen MR) is 105 cm³/mol. The van der Waals surface area contributed by atoms with Gasteiger partial charge in [0.15, 0.2) is 0 Å². The van der Waals surface area contributed by atoms with Crippen LogP contribution in [0.25, 0.3) is 0 Å². The molecule has 1 spiro atoms. The van der Waals surface area contributed by atoms with Crippen LogP contribution in [0.15, 0.2) is 24.3 Å². The number of hydrogen-bond donors (Lipinski definition) is 2. The number of benzene rings is 1. The molecule has 0 bridgehead atoms. The van der Waals surface area contributed by atoms with Crippen molar-refractivity contribution in [3.63, 3.8) is 0 Å². The van der Waals surface area contributed by atoms with Gasteiger partial charge in [-0.1, -0.05) is 25.1 Å². The fourth-order valence-corrected chi connectivity index (χ4v) is 3.99. The molecule has 1 atom stereocenters. The quantitative estimate of drug-likeness (QED) is 0.832. The lowest BCUT2D eigenvalue weighted by molar-refractivity contribution is -0.125. The Kier molecular flexibility index (Phi) is 6.24. The van der Waals surface area contributed by atoms with Gasteiger partial charge in [-0.3, -0.25) is 4.79 Å². The summed E-state index contributed by atoms with van der Waals surface area (Å²) in [7, 11) is 0. The Morgan fingerprint density at radius 2 is 2.04 bits per heavy atom. The van der Waals surface area contributed by atoms with E-state index in [2.05, 4.69) is 17.6 Å². The van der Waals surface area contributed by atoms with E-state index in [4.69, 9.17) is 4.74 Å². The second-order valence-electron chi connectivity index (χ2n) is 7.82. The van der Waals surface area contributed by atoms with E-state index in [1.165, 1.54) is 0 Å².